The van der Waals surface area contributed by atoms with E-state index < -0.39 is 0 Å². The highest BCUT2D eigenvalue weighted by atomic mass is 16.2. The normalized spacial score (nSPS) is 16.8. The summed E-state index contributed by atoms with van der Waals surface area (Å²) in [5, 5.41) is 9.39. The first-order valence-electron chi connectivity index (χ1n) is 2.47. The van der Waals surface area contributed by atoms with Crippen molar-refractivity contribution in [3.63, 3.8) is 0 Å². The van der Waals surface area contributed by atoms with Crippen LogP contribution in [0.4, 0.5) is 0 Å². The maximum absolute atomic E-state index is 10.4. The predicted molar refractivity (Wildman–Crippen MR) is 29.6 cm³/mol. The molecule has 0 bridgehead atoms. The smallest absolute Gasteiger partial charge is 0.262 e. The Bertz CT molecular complexity index is 191. The van der Waals surface area contributed by atoms with E-state index in [4.69, 9.17) is 5.26 Å². The summed E-state index contributed by atoms with van der Waals surface area (Å²) in [5.74, 6) is -0.247. The fourth-order valence-corrected chi connectivity index (χ4v) is 0.547. The van der Waals surface area contributed by atoms with Crippen LogP contribution >= 0.6 is 0 Å². The zero-order valence-electron chi connectivity index (χ0n) is 4.66. The van der Waals surface area contributed by atoms with Gasteiger partial charge in [-0.15, -0.1) is 0 Å². The van der Waals surface area contributed by atoms with Gasteiger partial charge >= 0.3 is 0 Å². The minimum atomic E-state index is -0.247. The highest BCUT2D eigenvalue weighted by molar-refractivity contribution is 5.87. The average Bonchev–Trinajstić information content (AvgIpc) is 1.88. The van der Waals surface area contributed by atoms with Crippen molar-refractivity contribution in [2.24, 2.45) is 0 Å². The Morgan fingerprint density at radius 3 is 3.11 bits per heavy atom. The van der Waals surface area contributed by atoms with Gasteiger partial charge in [-0.1, -0.05) is 6.08 Å². The highest BCUT2D eigenvalue weighted by Gasteiger charge is 2.06. The van der Waals surface area contributed by atoms with Gasteiger partial charge in [-0.25, -0.2) is 5.01 Å². The molecule has 4 nitrogen and oxygen atoms in total. The maximum Gasteiger partial charge on any atom is 0.262 e. The van der Waals surface area contributed by atoms with Crippen LogP contribution in [0.2, 0.25) is 0 Å². The van der Waals surface area contributed by atoms with E-state index in [-0.39, 0.29) is 5.91 Å². The maximum atomic E-state index is 10.4. The molecular formula is C5H5N3O. The lowest BCUT2D eigenvalue weighted by Gasteiger charge is -2.15. The molecule has 1 rings (SSSR count). The third kappa shape index (κ3) is 1.19. The number of nitriles is 1. The second kappa shape index (κ2) is 2.18. The predicted octanol–water partition coefficient (Wildman–Crippen LogP) is -0.630. The molecule has 1 amide bonds. The third-order valence-corrected chi connectivity index (χ3v) is 0.923. The molecular weight excluding hydrogens is 118 g/mol. The van der Waals surface area contributed by atoms with E-state index in [1.54, 1.807) is 12.3 Å². The summed E-state index contributed by atoms with van der Waals surface area (Å²) in [6.45, 7) is 0.461. The molecule has 0 atom stereocenters. The van der Waals surface area contributed by atoms with E-state index in [9.17, 15) is 4.79 Å². The number of carbonyl (C=O) groups excluding carboxylic acids is 1. The number of nitrogens with zero attached hydrogens (tertiary/aromatic N) is 2. The standard InChI is InChI=1S/C5H5N3O/c6-4-8-3-1-2-5(9)7-8/h1-2H,3H2,(H,7,9). The first-order valence-corrected chi connectivity index (χ1v) is 2.47. The molecule has 0 saturated carbocycles. The number of rotatable bonds is 0. The van der Waals surface area contributed by atoms with Gasteiger partial charge in [0.1, 0.15) is 0 Å². The van der Waals surface area contributed by atoms with Crippen LogP contribution in [-0.2, 0) is 4.79 Å². The summed E-state index contributed by atoms with van der Waals surface area (Å²) in [6, 6.07) is 0. The molecule has 1 aliphatic rings. The van der Waals surface area contributed by atoms with E-state index in [2.05, 4.69) is 5.43 Å². The molecule has 0 aromatic rings. The number of hydrogen-bond donors (Lipinski definition) is 1. The molecule has 0 fully saturated rings. The van der Waals surface area contributed by atoms with Crippen LogP contribution in [0.25, 0.3) is 0 Å². The van der Waals surface area contributed by atoms with Gasteiger partial charge in [0.25, 0.3) is 5.91 Å². The van der Waals surface area contributed by atoms with Crippen LogP contribution in [0, 0.1) is 11.5 Å². The molecule has 0 saturated heterocycles. The zero-order chi connectivity index (χ0) is 6.69. The van der Waals surface area contributed by atoms with Crippen molar-refractivity contribution in [3.05, 3.63) is 12.2 Å². The van der Waals surface area contributed by atoms with Crippen molar-refractivity contribution in [1.82, 2.24) is 10.4 Å². The average molecular weight is 123 g/mol. The SMILES string of the molecule is N#CN1CC=CC(=O)N1. The van der Waals surface area contributed by atoms with Crippen LogP contribution in [0.1, 0.15) is 0 Å². The molecule has 1 aliphatic heterocycles. The summed E-state index contributed by atoms with van der Waals surface area (Å²) in [4.78, 5) is 10.4. The molecule has 0 unspecified atom stereocenters. The summed E-state index contributed by atoms with van der Waals surface area (Å²) < 4.78 is 0. The molecule has 9 heavy (non-hydrogen) atoms. The Kier molecular flexibility index (Phi) is 1.36. The molecule has 0 spiro atoms. The summed E-state index contributed by atoms with van der Waals surface area (Å²) in [5.41, 5.74) is 2.31. The molecule has 1 heterocycles. The highest BCUT2D eigenvalue weighted by Crippen LogP contribution is 1.87. The van der Waals surface area contributed by atoms with E-state index in [1.807, 2.05) is 0 Å². The number of carbonyl (C=O) groups is 1. The largest absolute Gasteiger partial charge is 0.268 e. The van der Waals surface area contributed by atoms with Gasteiger partial charge in [-0.2, -0.15) is 5.26 Å². The van der Waals surface area contributed by atoms with Gasteiger partial charge in [0.2, 0.25) is 0 Å². The molecule has 0 aromatic heterocycles. The summed E-state index contributed by atoms with van der Waals surface area (Å²) in [7, 11) is 0. The van der Waals surface area contributed by atoms with Crippen LogP contribution in [0.5, 0.6) is 0 Å². The summed E-state index contributed by atoms with van der Waals surface area (Å²) in [6.07, 6.45) is 4.81. The Labute approximate surface area is 52.3 Å². The first kappa shape index (κ1) is 5.63. The van der Waals surface area contributed by atoms with E-state index in [0.717, 1.165) is 5.01 Å². The fraction of sp³-hybridized carbons (Fsp3) is 0.200. The molecule has 1 N–H and O–H groups in total. The Morgan fingerprint density at radius 2 is 2.67 bits per heavy atom. The fourth-order valence-electron chi connectivity index (χ4n) is 0.547. The zero-order valence-corrected chi connectivity index (χ0v) is 4.66. The Hall–Kier alpha value is -1.50. The lowest BCUT2D eigenvalue weighted by atomic mass is 10.4. The minimum absolute atomic E-state index is 0.247. The number of hydrogen-bond acceptors (Lipinski definition) is 3. The van der Waals surface area contributed by atoms with E-state index >= 15 is 0 Å². The molecule has 4 heteroatoms. The lowest BCUT2D eigenvalue weighted by Crippen LogP contribution is -2.40. The Morgan fingerprint density at radius 1 is 1.89 bits per heavy atom. The number of amides is 1. The summed E-state index contributed by atoms with van der Waals surface area (Å²) >= 11 is 0. The van der Waals surface area contributed by atoms with Crippen LogP contribution in [0.3, 0.4) is 0 Å². The van der Waals surface area contributed by atoms with Crippen molar-refractivity contribution < 1.29 is 4.79 Å². The van der Waals surface area contributed by atoms with Gasteiger partial charge in [0.05, 0.1) is 6.54 Å². The lowest BCUT2D eigenvalue weighted by molar-refractivity contribution is -0.120. The molecule has 0 radical (unpaired) electrons. The van der Waals surface area contributed by atoms with Gasteiger partial charge in [-0.05, 0) is 0 Å². The quantitative estimate of drug-likeness (QED) is 0.436. The van der Waals surface area contributed by atoms with Crippen molar-refractivity contribution in [3.8, 4) is 6.19 Å². The van der Waals surface area contributed by atoms with Gasteiger partial charge in [0.15, 0.2) is 6.19 Å². The van der Waals surface area contributed by atoms with Crippen LogP contribution in [-0.4, -0.2) is 17.5 Å². The van der Waals surface area contributed by atoms with Gasteiger partial charge < -0.3 is 0 Å². The van der Waals surface area contributed by atoms with E-state index in [0.29, 0.717) is 6.54 Å². The minimum Gasteiger partial charge on any atom is -0.268 e. The van der Waals surface area contributed by atoms with Crippen LogP contribution < -0.4 is 5.43 Å². The number of nitrogens with one attached hydrogen (secondary N) is 1. The van der Waals surface area contributed by atoms with Gasteiger partial charge in [-0.3, -0.25) is 10.2 Å². The monoisotopic (exact) mass is 123 g/mol. The first-order chi connectivity index (χ1) is 4.33. The molecule has 0 aliphatic carbocycles. The van der Waals surface area contributed by atoms with E-state index in [1.165, 1.54) is 6.08 Å². The second-order valence-corrected chi connectivity index (χ2v) is 1.59. The van der Waals surface area contributed by atoms with Gasteiger partial charge in [0, 0.05) is 6.08 Å². The van der Waals surface area contributed by atoms with Crippen molar-refractivity contribution in [2.75, 3.05) is 6.54 Å². The number of hydrazine groups is 1. The van der Waals surface area contributed by atoms with Crippen LogP contribution in [0.15, 0.2) is 12.2 Å². The third-order valence-electron chi connectivity index (χ3n) is 0.923. The second-order valence-electron chi connectivity index (χ2n) is 1.59. The Balaban J connectivity index is 2.60. The topological polar surface area (TPSA) is 56.1 Å². The van der Waals surface area contributed by atoms with Crippen molar-refractivity contribution in [1.29, 1.82) is 5.26 Å². The van der Waals surface area contributed by atoms with Crippen molar-refractivity contribution >= 4 is 5.91 Å². The van der Waals surface area contributed by atoms with Crippen molar-refractivity contribution in [2.45, 2.75) is 0 Å². The molecule has 0 aromatic carbocycles. The molecule has 46 valence electrons.